The number of Topliss-reactive ketones (excluding diaryl/α,β-unsaturated/α-hetero) is 1. The number of carbonyl (C=O) groups is 2. The smallest absolute Gasteiger partial charge is 0.235 e. The van der Waals surface area contributed by atoms with Gasteiger partial charge in [0.2, 0.25) is 15.9 Å². The number of amides is 1. The van der Waals surface area contributed by atoms with Crippen LogP contribution in [0.1, 0.15) is 56.5 Å². The number of thiazole rings is 1. The summed E-state index contributed by atoms with van der Waals surface area (Å²) in [6.07, 6.45) is 4.64. The number of aryl methyl sites for hydroxylation is 3. The zero-order valence-electron chi connectivity index (χ0n) is 23.6. The molecule has 1 aromatic carbocycles. The van der Waals surface area contributed by atoms with E-state index in [2.05, 4.69) is 35.1 Å². The normalized spacial score (nSPS) is 14.2. The third-order valence-corrected chi connectivity index (χ3v) is 9.88. The van der Waals surface area contributed by atoms with Gasteiger partial charge in [-0.05, 0) is 57.2 Å². The third-order valence-electron chi connectivity index (χ3n) is 7.19. The lowest BCUT2D eigenvalue weighted by molar-refractivity contribution is -0.134. The van der Waals surface area contributed by atoms with Crippen molar-refractivity contribution >= 4 is 33.1 Å². The summed E-state index contributed by atoms with van der Waals surface area (Å²) in [4.78, 5) is 38.4. The van der Waals surface area contributed by atoms with Gasteiger partial charge in [-0.25, -0.2) is 17.7 Å². The summed E-state index contributed by atoms with van der Waals surface area (Å²) in [7, 11) is 0.662. The zero-order chi connectivity index (χ0) is 29.1. The van der Waals surface area contributed by atoms with E-state index in [1.165, 1.54) is 36.6 Å². The molecule has 0 radical (unpaired) electrons. The van der Waals surface area contributed by atoms with Crippen molar-refractivity contribution in [3.63, 3.8) is 0 Å². The molecule has 1 fully saturated rings. The van der Waals surface area contributed by atoms with Crippen LogP contribution in [0.2, 0.25) is 0 Å². The molecule has 9 nitrogen and oxygen atoms in total. The van der Waals surface area contributed by atoms with E-state index in [1.54, 1.807) is 20.2 Å². The van der Waals surface area contributed by atoms with E-state index in [0.29, 0.717) is 35.0 Å². The second kappa shape index (κ2) is 12.2. The van der Waals surface area contributed by atoms with Crippen molar-refractivity contribution in [2.45, 2.75) is 51.5 Å². The lowest BCUT2D eigenvalue weighted by Crippen LogP contribution is -2.40. The maximum atomic E-state index is 14.1. The Morgan fingerprint density at radius 3 is 2.48 bits per heavy atom. The van der Waals surface area contributed by atoms with Crippen molar-refractivity contribution in [3.05, 3.63) is 75.0 Å². The Bertz CT molecular complexity index is 1480. The molecule has 11 heteroatoms. The standard InChI is InChI=1S/C29H36N4O5S2/c1-20-8-6-9-22(16-20)10-7-15-33(28(35)29(13-14-29)25-12-11-23(38-5)17-30-25)18-26-31-27(21(2)39-26)24(34)19-40(36,37)32(3)4/h6,8-9,11-12,16-17H,7,10,13-15,18-19H2,1-5H3. The molecule has 2 aromatic heterocycles. The number of hydrogen-bond donors (Lipinski definition) is 0. The highest BCUT2D eigenvalue weighted by molar-refractivity contribution is 7.89. The fraction of sp³-hybridized carbons (Fsp3) is 0.448. The van der Waals surface area contributed by atoms with Gasteiger partial charge in [0.05, 0.1) is 31.0 Å². The molecule has 0 unspecified atom stereocenters. The van der Waals surface area contributed by atoms with E-state index in [1.807, 2.05) is 23.1 Å². The van der Waals surface area contributed by atoms with Gasteiger partial charge in [0.1, 0.15) is 22.2 Å². The highest BCUT2D eigenvalue weighted by atomic mass is 32.2. The lowest BCUT2D eigenvalue weighted by Gasteiger charge is -2.27. The van der Waals surface area contributed by atoms with Gasteiger partial charge in [-0.1, -0.05) is 29.8 Å². The number of pyridine rings is 1. The van der Waals surface area contributed by atoms with Crippen LogP contribution in [0.3, 0.4) is 0 Å². The Balaban J connectivity index is 1.56. The number of rotatable bonds is 13. The van der Waals surface area contributed by atoms with E-state index in [0.717, 1.165) is 22.8 Å². The predicted molar refractivity (Wildman–Crippen MR) is 155 cm³/mol. The lowest BCUT2D eigenvalue weighted by atomic mass is 9.99. The van der Waals surface area contributed by atoms with E-state index in [-0.39, 0.29) is 18.1 Å². The number of carbonyl (C=O) groups excluding carboxylic acids is 2. The maximum Gasteiger partial charge on any atom is 0.235 e. The van der Waals surface area contributed by atoms with Crippen LogP contribution < -0.4 is 4.74 Å². The fourth-order valence-electron chi connectivity index (χ4n) is 4.69. The number of methoxy groups -OCH3 is 1. The van der Waals surface area contributed by atoms with Gasteiger partial charge in [0.25, 0.3) is 0 Å². The Hall–Kier alpha value is -3.15. The molecule has 3 aromatic rings. The average Bonchev–Trinajstić information content (AvgIpc) is 3.64. The van der Waals surface area contributed by atoms with Crippen molar-refractivity contribution in [2.75, 3.05) is 33.5 Å². The number of nitrogens with zero attached hydrogens (tertiary/aromatic N) is 4. The Morgan fingerprint density at radius 2 is 1.88 bits per heavy atom. The summed E-state index contributed by atoms with van der Waals surface area (Å²) in [6.45, 7) is 4.57. The molecule has 0 spiro atoms. The van der Waals surface area contributed by atoms with Gasteiger partial charge in [-0.15, -0.1) is 11.3 Å². The summed E-state index contributed by atoms with van der Waals surface area (Å²) in [5.74, 6) is -0.568. The first-order valence-corrected chi connectivity index (χ1v) is 15.6. The van der Waals surface area contributed by atoms with Gasteiger partial charge in [0.15, 0.2) is 5.78 Å². The van der Waals surface area contributed by atoms with Crippen LogP contribution in [0.25, 0.3) is 0 Å². The molecule has 4 rings (SSSR count). The first kappa shape index (κ1) is 29.8. The average molecular weight is 585 g/mol. The highest BCUT2D eigenvalue weighted by Crippen LogP contribution is 2.49. The number of hydrogen-bond acceptors (Lipinski definition) is 8. The number of ketones is 1. The molecule has 0 N–H and O–H groups in total. The van der Waals surface area contributed by atoms with Crippen LogP contribution in [0, 0.1) is 13.8 Å². The third kappa shape index (κ3) is 6.76. The monoisotopic (exact) mass is 584 g/mol. The van der Waals surface area contributed by atoms with Crippen LogP contribution in [-0.4, -0.2) is 72.8 Å². The molecule has 214 valence electrons. The summed E-state index contributed by atoms with van der Waals surface area (Å²) < 4.78 is 30.8. The first-order valence-electron chi connectivity index (χ1n) is 13.2. The summed E-state index contributed by atoms with van der Waals surface area (Å²) in [6, 6.07) is 12.0. The molecule has 1 aliphatic rings. The number of aromatic nitrogens is 2. The minimum atomic E-state index is -3.71. The Labute approximate surface area is 240 Å². The molecule has 0 aliphatic heterocycles. The largest absolute Gasteiger partial charge is 0.495 e. The van der Waals surface area contributed by atoms with Gasteiger partial charge in [-0.2, -0.15) is 0 Å². The Kier molecular flexibility index (Phi) is 9.06. The van der Waals surface area contributed by atoms with Crippen LogP contribution in [0.15, 0.2) is 42.6 Å². The minimum Gasteiger partial charge on any atom is -0.495 e. The molecule has 0 saturated heterocycles. The van der Waals surface area contributed by atoms with Gasteiger partial charge >= 0.3 is 0 Å². The topological polar surface area (TPSA) is 110 Å². The van der Waals surface area contributed by atoms with Crippen LogP contribution in [0.5, 0.6) is 5.75 Å². The van der Waals surface area contributed by atoms with Crippen molar-refractivity contribution in [2.24, 2.45) is 0 Å². The molecular weight excluding hydrogens is 548 g/mol. The second-order valence-corrected chi connectivity index (χ2v) is 13.9. The summed E-state index contributed by atoms with van der Waals surface area (Å²) in [5.41, 5.74) is 2.60. The van der Waals surface area contributed by atoms with Crippen molar-refractivity contribution in [1.29, 1.82) is 0 Å². The van der Waals surface area contributed by atoms with Gasteiger partial charge < -0.3 is 9.64 Å². The molecule has 0 bridgehead atoms. The maximum absolute atomic E-state index is 14.1. The summed E-state index contributed by atoms with van der Waals surface area (Å²) in [5, 5.41) is 0.602. The quantitative estimate of drug-likeness (QED) is 0.280. The second-order valence-electron chi connectivity index (χ2n) is 10.5. The molecule has 40 heavy (non-hydrogen) atoms. The number of ether oxygens (including phenoxy) is 1. The minimum absolute atomic E-state index is 0.00896. The van der Waals surface area contributed by atoms with E-state index >= 15 is 0 Å². The number of sulfonamides is 1. The molecule has 1 saturated carbocycles. The molecule has 0 atom stereocenters. The zero-order valence-corrected chi connectivity index (χ0v) is 25.3. The molecule has 1 amide bonds. The summed E-state index contributed by atoms with van der Waals surface area (Å²) >= 11 is 1.32. The van der Waals surface area contributed by atoms with Crippen molar-refractivity contribution in [1.82, 2.24) is 19.2 Å². The van der Waals surface area contributed by atoms with Crippen molar-refractivity contribution in [3.8, 4) is 5.75 Å². The van der Waals surface area contributed by atoms with Crippen LogP contribution in [0.4, 0.5) is 0 Å². The van der Waals surface area contributed by atoms with Gasteiger partial charge in [-0.3, -0.25) is 14.6 Å². The first-order chi connectivity index (χ1) is 18.9. The van der Waals surface area contributed by atoms with Crippen LogP contribution in [-0.2, 0) is 33.2 Å². The van der Waals surface area contributed by atoms with Crippen molar-refractivity contribution < 1.29 is 22.7 Å². The molecule has 1 aliphatic carbocycles. The van der Waals surface area contributed by atoms with Crippen LogP contribution >= 0.6 is 11.3 Å². The van der Waals surface area contributed by atoms with E-state index < -0.39 is 27.0 Å². The highest BCUT2D eigenvalue weighted by Gasteiger charge is 2.54. The molecular formula is C29H36N4O5S2. The SMILES string of the molecule is COc1ccc(C2(C(=O)N(CCCc3cccc(C)c3)Cc3nc(C(=O)CS(=O)(=O)N(C)C)c(C)s3)CC2)nc1. The number of benzene rings is 1. The predicted octanol–water partition coefficient (Wildman–Crippen LogP) is 3.93. The van der Waals surface area contributed by atoms with Gasteiger partial charge in [0, 0.05) is 25.5 Å². The van der Waals surface area contributed by atoms with E-state index in [9.17, 15) is 18.0 Å². The molecule has 2 heterocycles. The Morgan fingerprint density at radius 1 is 1.12 bits per heavy atom. The van der Waals surface area contributed by atoms with E-state index in [4.69, 9.17) is 4.74 Å². The fourth-order valence-corrected chi connectivity index (χ4v) is 6.38.